The van der Waals surface area contributed by atoms with Crippen LogP contribution in [0.25, 0.3) is 0 Å². The van der Waals surface area contributed by atoms with Crippen LogP contribution in [0.15, 0.2) is 41.3 Å². The molecule has 6 nitrogen and oxygen atoms in total. The van der Waals surface area contributed by atoms with Crippen LogP contribution in [0.5, 0.6) is 0 Å². The van der Waals surface area contributed by atoms with Gasteiger partial charge < -0.3 is 0 Å². The summed E-state index contributed by atoms with van der Waals surface area (Å²) in [5.74, 6) is 0. The molecule has 0 heterocycles. The molecule has 0 radical (unpaired) electrons. The van der Waals surface area contributed by atoms with Crippen LogP contribution in [0.3, 0.4) is 0 Å². The van der Waals surface area contributed by atoms with Crippen molar-refractivity contribution in [2.45, 2.75) is 18.7 Å². The summed E-state index contributed by atoms with van der Waals surface area (Å²) >= 11 is 5.87. The van der Waals surface area contributed by atoms with E-state index in [1.807, 2.05) is 0 Å². The molecule has 8 heteroatoms. The second-order valence-corrected chi connectivity index (χ2v) is 6.81. The van der Waals surface area contributed by atoms with Gasteiger partial charge >= 0.3 is 0 Å². The smallest absolute Gasteiger partial charge is 0.273 e. The van der Waals surface area contributed by atoms with E-state index in [9.17, 15) is 18.5 Å². The van der Waals surface area contributed by atoms with E-state index in [2.05, 4.69) is 4.72 Å². The van der Waals surface area contributed by atoms with E-state index >= 15 is 0 Å². The van der Waals surface area contributed by atoms with Crippen LogP contribution in [0.4, 0.5) is 11.4 Å². The number of nitro benzene ring substituents is 1. The minimum atomic E-state index is -3.95. The first kappa shape index (κ1) is 16.3. The van der Waals surface area contributed by atoms with Gasteiger partial charge in [-0.2, -0.15) is 0 Å². The van der Waals surface area contributed by atoms with Crippen molar-refractivity contribution in [3.63, 3.8) is 0 Å². The van der Waals surface area contributed by atoms with Gasteiger partial charge in [0.1, 0.15) is 0 Å². The summed E-state index contributed by atoms with van der Waals surface area (Å²) in [4.78, 5) is 10.2. The molecule has 2 aromatic rings. The summed E-state index contributed by atoms with van der Waals surface area (Å²) in [5.41, 5.74) is 0.861. The van der Waals surface area contributed by atoms with Gasteiger partial charge in [-0.1, -0.05) is 23.7 Å². The highest BCUT2D eigenvalue weighted by atomic mass is 35.5. The first-order valence-corrected chi connectivity index (χ1v) is 8.11. The molecule has 0 saturated heterocycles. The molecule has 0 bridgehead atoms. The van der Waals surface area contributed by atoms with Crippen LogP contribution in [0.2, 0.25) is 5.02 Å². The number of anilines is 1. The lowest BCUT2D eigenvalue weighted by Gasteiger charge is -2.12. The average molecular weight is 341 g/mol. The summed E-state index contributed by atoms with van der Waals surface area (Å²) < 4.78 is 27.4. The fourth-order valence-corrected chi connectivity index (χ4v) is 3.55. The highest BCUT2D eigenvalue weighted by molar-refractivity contribution is 7.92. The number of hydrogen-bond donors (Lipinski definition) is 1. The van der Waals surface area contributed by atoms with E-state index in [0.29, 0.717) is 16.3 Å². The molecule has 2 rings (SSSR count). The first-order valence-electron chi connectivity index (χ1n) is 6.25. The molecule has 22 heavy (non-hydrogen) atoms. The monoisotopic (exact) mass is 340 g/mol. The van der Waals surface area contributed by atoms with Crippen LogP contribution in [-0.2, 0) is 10.0 Å². The van der Waals surface area contributed by atoms with Gasteiger partial charge in [0.15, 0.2) is 0 Å². The molecule has 0 spiro atoms. The molecule has 0 atom stereocenters. The maximum atomic E-state index is 12.5. The summed E-state index contributed by atoms with van der Waals surface area (Å²) in [6.07, 6.45) is 0. The van der Waals surface area contributed by atoms with Crippen molar-refractivity contribution in [1.29, 1.82) is 0 Å². The number of rotatable bonds is 4. The molecule has 0 aliphatic rings. The Hall–Kier alpha value is -2.12. The van der Waals surface area contributed by atoms with Crippen molar-refractivity contribution < 1.29 is 13.3 Å². The number of aryl methyl sites for hydroxylation is 1. The molecular formula is C14H13ClN2O4S. The van der Waals surface area contributed by atoms with Gasteiger partial charge in [-0.3, -0.25) is 14.8 Å². The molecular weight excluding hydrogens is 328 g/mol. The fourth-order valence-electron chi connectivity index (χ4n) is 2.00. The summed E-state index contributed by atoms with van der Waals surface area (Å²) in [5, 5.41) is 11.3. The van der Waals surface area contributed by atoms with Gasteiger partial charge in [0.25, 0.3) is 15.7 Å². The molecule has 0 aliphatic heterocycles. The lowest BCUT2D eigenvalue weighted by Crippen LogP contribution is -2.15. The Kier molecular flexibility index (Phi) is 4.39. The van der Waals surface area contributed by atoms with Gasteiger partial charge in [-0.15, -0.1) is 0 Å². The molecule has 0 fully saturated rings. The summed E-state index contributed by atoms with van der Waals surface area (Å²) in [7, 11) is -3.95. The van der Waals surface area contributed by atoms with Crippen LogP contribution >= 0.6 is 11.6 Å². The number of halogens is 1. The van der Waals surface area contributed by atoms with E-state index in [-0.39, 0.29) is 16.1 Å². The predicted octanol–water partition coefficient (Wildman–Crippen LogP) is 3.67. The minimum Gasteiger partial charge on any atom is -0.279 e. The lowest BCUT2D eigenvalue weighted by molar-refractivity contribution is -0.385. The van der Waals surface area contributed by atoms with Crippen molar-refractivity contribution in [2.75, 3.05) is 4.72 Å². The van der Waals surface area contributed by atoms with Gasteiger partial charge in [0, 0.05) is 16.7 Å². The van der Waals surface area contributed by atoms with Gasteiger partial charge in [0.05, 0.1) is 15.5 Å². The Balaban J connectivity index is 2.50. The highest BCUT2D eigenvalue weighted by Gasteiger charge is 2.23. The highest BCUT2D eigenvalue weighted by Crippen LogP contribution is 2.28. The van der Waals surface area contributed by atoms with Crippen molar-refractivity contribution in [2.24, 2.45) is 0 Å². The third-order valence-electron chi connectivity index (χ3n) is 3.19. The van der Waals surface area contributed by atoms with E-state index < -0.39 is 14.9 Å². The number of nitrogens with zero attached hydrogens (tertiary/aromatic N) is 1. The molecule has 116 valence electrons. The Morgan fingerprint density at radius 2 is 1.86 bits per heavy atom. The van der Waals surface area contributed by atoms with E-state index in [4.69, 9.17) is 11.6 Å². The Morgan fingerprint density at radius 1 is 1.18 bits per heavy atom. The van der Waals surface area contributed by atoms with Crippen molar-refractivity contribution in [1.82, 2.24) is 0 Å². The lowest BCUT2D eigenvalue weighted by atomic mass is 10.2. The zero-order valence-corrected chi connectivity index (χ0v) is 13.4. The molecule has 0 unspecified atom stereocenters. The Labute approximate surface area is 132 Å². The first-order chi connectivity index (χ1) is 10.2. The normalized spacial score (nSPS) is 11.2. The second kappa shape index (κ2) is 5.94. The summed E-state index contributed by atoms with van der Waals surface area (Å²) in [6, 6.07) is 8.74. The van der Waals surface area contributed by atoms with Crippen LogP contribution < -0.4 is 4.72 Å². The molecule has 0 aromatic heterocycles. The number of nitro groups is 1. The van der Waals surface area contributed by atoms with Gasteiger partial charge in [-0.25, -0.2) is 8.42 Å². The van der Waals surface area contributed by atoms with Crippen LogP contribution in [0, 0.1) is 24.0 Å². The van der Waals surface area contributed by atoms with E-state index in [0.717, 1.165) is 0 Å². The Bertz CT molecular complexity index is 850. The van der Waals surface area contributed by atoms with E-state index in [1.165, 1.54) is 31.2 Å². The van der Waals surface area contributed by atoms with Crippen molar-refractivity contribution in [3.05, 3.63) is 62.7 Å². The predicted molar refractivity (Wildman–Crippen MR) is 84.8 cm³/mol. The van der Waals surface area contributed by atoms with Gasteiger partial charge in [-0.05, 0) is 37.6 Å². The number of sulfonamides is 1. The van der Waals surface area contributed by atoms with Crippen molar-refractivity contribution >= 4 is 33.0 Å². The maximum absolute atomic E-state index is 12.5. The topological polar surface area (TPSA) is 89.3 Å². The van der Waals surface area contributed by atoms with E-state index in [1.54, 1.807) is 19.1 Å². The van der Waals surface area contributed by atoms with Crippen molar-refractivity contribution in [3.8, 4) is 0 Å². The SMILES string of the molecule is Cc1ccc(Cl)cc1NS(=O)(=O)c1cccc([N+](=O)[O-])c1C. The van der Waals surface area contributed by atoms with Crippen LogP contribution in [0.1, 0.15) is 11.1 Å². The van der Waals surface area contributed by atoms with Crippen LogP contribution in [-0.4, -0.2) is 13.3 Å². The number of nitrogens with one attached hydrogen (secondary N) is 1. The molecule has 1 N–H and O–H groups in total. The maximum Gasteiger partial charge on any atom is 0.273 e. The Morgan fingerprint density at radius 3 is 2.50 bits per heavy atom. The summed E-state index contributed by atoms with van der Waals surface area (Å²) in [6.45, 7) is 3.13. The fraction of sp³-hybridized carbons (Fsp3) is 0.143. The number of hydrogen-bond acceptors (Lipinski definition) is 4. The zero-order chi connectivity index (χ0) is 16.5. The standard InChI is InChI=1S/C14H13ClN2O4S/c1-9-6-7-11(15)8-12(9)16-22(20,21)14-5-3-4-13(10(14)2)17(18)19/h3-8,16H,1-2H3. The number of benzene rings is 2. The largest absolute Gasteiger partial charge is 0.279 e. The third kappa shape index (κ3) is 3.20. The molecule has 0 amide bonds. The molecule has 0 saturated carbocycles. The average Bonchev–Trinajstić information content (AvgIpc) is 2.42. The third-order valence-corrected chi connectivity index (χ3v) is 4.93. The molecule has 2 aromatic carbocycles. The quantitative estimate of drug-likeness (QED) is 0.679. The molecule has 0 aliphatic carbocycles. The van der Waals surface area contributed by atoms with Gasteiger partial charge in [0.2, 0.25) is 0 Å². The second-order valence-electron chi connectivity index (χ2n) is 4.72. The minimum absolute atomic E-state index is 0.0830. The zero-order valence-electron chi connectivity index (χ0n) is 11.8.